The summed E-state index contributed by atoms with van der Waals surface area (Å²) in [4.78, 5) is 12.9. The van der Waals surface area contributed by atoms with Crippen LogP contribution >= 0.6 is 0 Å². The molecule has 0 aliphatic carbocycles. The van der Waals surface area contributed by atoms with Gasteiger partial charge in [-0.15, -0.1) is 0 Å². The molecule has 82 valence electrons. The van der Waals surface area contributed by atoms with Crippen molar-refractivity contribution in [3.63, 3.8) is 0 Å². The summed E-state index contributed by atoms with van der Waals surface area (Å²) in [7, 11) is 0. The summed E-state index contributed by atoms with van der Waals surface area (Å²) in [5, 5.41) is 18.0. The van der Waals surface area contributed by atoms with Crippen LogP contribution in [0.3, 0.4) is 0 Å². The number of rotatable bonds is 4. The van der Waals surface area contributed by atoms with Crippen LogP contribution in [0.2, 0.25) is 0 Å². The first kappa shape index (κ1) is 11.5. The van der Waals surface area contributed by atoms with E-state index < -0.39 is 5.97 Å². The van der Waals surface area contributed by atoms with E-state index in [0.29, 0.717) is 18.9 Å². The van der Waals surface area contributed by atoms with Crippen molar-refractivity contribution in [3.8, 4) is 0 Å². The maximum Gasteiger partial charge on any atom is 0.320 e. The highest BCUT2D eigenvalue weighted by Crippen LogP contribution is 2.25. The molecule has 14 heavy (non-hydrogen) atoms. The van der Waals surface area contributed by atoms with Gasteiger partial charge in [0, 0.05) is 19.7 Å². The van der Waals surface area contributed by atoms with E-state index in [4.69, 9.17) is 10.2 Å². The van der Waals surface area contributed by atoms with Crippen LogP contribution in [-0.2, 0) is 4.79 Å². The molecule has 1 aliphatic rings. The molecule has 3 atom stereocenters. The molecule has 0 spiro atoms. The van der Waals surface area contributed by atoms with E-state index in [1.54, 1.807) is 0 Å². The second-order valence-corrected chi connectivity index (χ2v) is 4.14. The van der Waals surface area contributed by atoms with Gasteiger partial charge in [0.05, 0.1) is 0 Å². The lowest BCUT2D eigenvalue weighted by atomic mass is 10.00. The predicted octanol–water partition coefficient (Wildman–Crippen LogP) is 0.410. The average molecular weight is 201 g/mol. The minimum absolute atomic E-state index is 0.160. The maximum absolute atomic E-state index is 10.9. The first-order chi connectivity index (χ1) is 6.60. The summed E-state index contributed by atoms with van der Waals surface area (Å²) >= 11 is 0. The Labute approximate surface area is 84.5 Å². The van der Waals surface area contributed by atoms with Gasteiger partial charge in [-0.05, 0) is 18.3 Å². The quantitative estimate of drug-likeness (QED) is 0.691. The van der Waals surface area contributed by atoms with E-state index >= 15 is 0 Å². The Kier molecular flexibility index (Phi) is 3.89. The molecule has 1 fully saturated rings. The fraction of sp³-hybridized carbons (Fsp3) is 0.900. The second-order valence-electron chi connectivity index (χ2n) is 4.14. The highest BCUT2D eigenvalue weighted by atomic mass is 16.4. The Morgan fingerprint density at radius 3 is 2.57 bits per heavy atom. The average Bonchev–Trinajstić information content (AvgIpc) is 2.47. The van der Waals surface area contributed by atoms with Gasteiger partial charge in [0.15, 0.2) is 0 Å². The van der Waals surface area contributed by atoms with Gasteiger partial charge in [-0.25, -0.2) is 0 Å². The molecule has 0 amide bonds. The van der Waals surface area contributed by atoms with Crippen LogP contribution < -0.4 is 0 Å². The number of carboxylic acid groups (broad SMARTS) is 1. The first-order valence-electron chi connectivity index (χ1n) is 5.17. The van der Waals surface area contributed by atoms with Gasteiger partial charge < -0.3 is 10.2 Å². The van der Waals surface area contributed by atoms with E-state index in [-0.39, 0.29) is 18.6 Å². The number of likely N-dealkylation sites (tertiary alicyclic amines) is 1. The van der Waals surface area contributed by atoms with Gasteiger partial charge in [-0.3, -0.25) is 9.69 Å². The normalized spacial score (nSPS) is 30.5. The second kappa shape index (κ2) is 4.75. The molecule has 4 heteroatoms. The highest BCUT2D eigenvalue weighted by Gasteiger charge is 2.35. The van der Waals surface area contributed by atoms with E-state index in [9.17, 15) is 4.79 Å². The van der Waals surface area contributed by atoms with Gasteiger partial charge in [0.1, 0.15) is 6.04 Å². The number of carbonyl (C=O) groups is 1. The minimum atomic E-state index is -0.752. The third-order valence-electron chi connectivity index (χ3n) is 3.14. The van der Waals surface area contributed by atoms with E-state index in [2.05, 4.69) is 6.92 Å². The van der Waals surface area contributed by atoms with Crippen molar-refractivity contribution in [1.82, 2.24) is 4.90 Å². The zero-order chi connectivity index (χ0) is 10.7. The smallest absolute Gasteiger partial charge is 0.320 e. The van der Waals surface area contributed by atoms with Crippen LogP contribution in [0.15, 0.2) is 0 Å². The molecule has 1 heterocycles. The Morgan fingerprint density at radius 1 is 1.57 bits per heavy atom. The third-order valence-corrected chi connectivity index (χ3v) is 3.14. The number of aliphatic hydroxyl groups is 1. The fourth-order valence-electron chi connectivity index (χ4n) is 2.16. The third kappa shape index (κ3) is 2.25. The van der Waals surface area contributed by atoms with Gasteiger partial charge >= 0.3 is 5.97 Å². The summed E-state index contributed by atoms with van der Waals surface area (Å²) in [6, 6.07) is -0.381. The standard InChI is InChI=1S/C10H19NO3/c1-3-9(10(13)14)11-4-7(2)8(5-11)6-12/h7-9,12H,3-6H2,1-2H3,(H,13,14)/t7-,8+,9-/m1/s1. The van der Waals surface area contributed by atoms with Crippen molar-refractivity contribution in [3.05, 3.63) is 0 Å². The monoisotopic (exact) mass is 201 g/mol. The van der Waals surface area contributed by atoms with Crippen LogP contribution in [-0.4, -0.2) is 46.8 Å². The van der Waals surface area contributed by atoms with Crippen LogP contribution in [0, 0.1) is 11.8 Å². The predicted molar refractivity (Wildman–Crippen MR) is 53.0 cm³/mol. The van der Waals surface area contributed by atoms with Crippen molar-refractivity contribution in [2.45, 2.75) is 26.3 Å². The lowest BCUT2D eigenvalue weighted by Gasteiger charge is -2.22. The van der Waals surface area contributed by atoms with Crippen LogP contribution in [0.1, 0.15) is 20.3 Å². The molecule has 2 N–H and O–H groups in total. The summed E-state index contributed by atoms with van der Waals surface area (Å²) < 4.78 is 0. The zero-order valence-corrected chi connectivity index (χ0v) is 8.81. The number of aliphatic carboxylic acids is 1. The largest absolute Gasteiger partial charge is 0.480 e. The highest BCUT2D eigenvalue weighted by molar-refractivity contribution is 5.73. The number of hydrogen-bond donors (Lipinski definition) is 2. The van der Waals surface area contributed by atoms with Crippen molar-refractivity contribution >= 4 is 5.97 Å². The fourth-order valence-corrected chi connectivity index (χ4v) is 2.16. The summed E-state index contributed by atoms with van der Waals surface area (Å²) in [6.07, 6.45) is 0.625. The first-order valence-corrected chi connectivity index (χ1v) is 5.17. The molecular weight excluding hydrogens is 182 g/mol. The lowest BCUT2D eigenvalue weighted by Crippen LogP contribution is -2.39. The molecule has 0 bridgehead atoms. The maximum atomic E-state index is 10.9. The van der Waals surface area contributed by atoms with Gasteiger partial charge in [0.2, 0.25) is 0 Å². The van der Waals surface area contributed by atoms with Gasteiger partial charge in [-0.1, -0.05) is 13.8 Å². The lowest BCUT2D eigenvalue weighted by molar-refractivity contribution is -0.143. The summed E-state index contributed by atoms with van der Waals surface area (Å²) in [5.41, 5.74) is 0. The number of hydrogen-bond acceptors (Lipinski definition) is 3. The van der Waals surface area contributed by atoms with Gasteiger partial charge in [0.25, 0.3) is 0 Å². The number of nitrogens with zero attached hydrogens (tertiary/aromatic N) is 1. The molecule has 1 rings (SSSR count). The molecule has 4 nitrogen and oxygen atoms in total. The molecule has 0 radical (unpaired) electrons. The Hall–Kier alpha value is -0.610. The van der Waals surface area contributed by atoms with Crippen molar-refractivity contribution in [1.29, 1.82) is 0 Å². The number of aliphatic hydroxyl groups excluding tert-OH is 1. The Balaban J connectivity index is 2.58. The van der Waals surface area contributed by atoms with Crippen molar-refractivity contribution in [2.75, 3.05) is 19.7 Å². The molecular formula is C10H19NO3. The van der Waals surface area contributed by atoms with E-state index in [1.807, 2.05) is 11.8 Å². The molecule has 0 unspecified atom stereocenters. The zero-order valence-electron chi connectivity index (χ0n) is 8.81. The molecule has 1 saturated heterocycles. The minimum Gasteiger partial charge on any atom is -0.480 e. The van der Waals surface area contributed by atoms with E-state index in [1.165, 1.54) is 0 Å². The molecule has 0 aromatic rings. The molecule has 1 aliphatic heterocycles. The summed E-state index contributed by atoms with van der Waals surface area (Å²) in [6.45, 7) is 5.61. The van der Waals surface area contributed by atoms with Crippen molar-refractivity contribution in [2.24, 2.45) is 11.8 Å². The van der Waals surface area contributed by atoms with Crippen LogP contribution in [0.5, 0.6) is 0 Å². The van der Waals surface area contributed by atoms with Crippen molar-refractivity contribution < 1.29 is 15.0 Å². The van der Waals surface area contributed by atoms with E-state index in [0.717, 1.165) is 6.54 Å². The SMILES string of the molecule is CC[C@H](C(=O)O)N1C[C@@H](CO)[C@H](C)C1. The summed E-state index contributed by atoms with van der Waals surface area (Å²) in [5.74, 6) is -0.116. The Morgan fingerprint density at radius 2 is 2.21 bits per heavy atom. The van der Waals surface area contributed by atoms with Crippen LogP contribution in [0.25, 0.3) is 0 Å². The van der Waals surface area contributed by atoms with Crippen LogP contribution in [0.4, 0.5) is 0 Å². The Bertz CT molecular complexity index is 208. The topological polar surface area (TPSA) is 60.8 Å². The molecule has 0 aromatic carbocycles. The number of carboxylic acids is 1. The molecule has 0 saturated carbocycles. The van der Waals surface area contributed by atoms with Gasteiger partial charge in [-0.2, -0.15) is 0 Å². The molecule has 0 aromatic heterocycles.